The van der Waals surface area contributed by atoms with Gasteiger partial charge in [-0.25, -0.2) is 0 Å². The van der Waals surface area contributed by atoms with Crippen LogP contribution in [0, 0.1) is 11.3 Å². The molecule has 1 aliphatic heterocycles. The van der Waals surface area contributed by atoms with Crippen molar-refractivity contribution in [1.82, 2.24) is 30.4 Å². The van der Waals surface area contributed by atoms with Gasteiger partial charge in [-0.2, -0.15) is 5.21 Å². The van der Waals surface area contributed by atoms with Gasteiger partial charge < -0.3 is 9.80 Å². The van der Waals surface area contributed by atoms with E-state index in [0.717, 1.165) is 32.5 Å². The van der Waals surface area contributed by atoms with Crippen LogP contribution >= 0.6 is 0 Å². The molecule has 2 saturated carbocycles. The van der Waals surface area contributed by atoms with Gasteiger partial charge in [0, 0.05) is 25.6 Å². The van der Waals surface area contributed by atoms with Crippen LogP contribution in [0.2, 0.25) is 0 Å². The summed E-state index contributed by atoms with van der Waals surface area (Å²) in [6, 6.07) is -0.0621. The van der Waals surface area contributed by atoms with Gasteiger partial charge in [0.2, 0.25) is 5.91 Å². The lowest BCUT2D eigenvalue weighted by molar-refractivity contribution is -0.153. The third kappa shape index (κ3) is 2.14. The van der Waals surface area contributed by atoms with E-state index in [9.17, 15) is 4.79 Å². The molecule has 1 saturated heterocycles. The predicted octanol–water partition coefficient (Wildman–Crippen LogP) is 0.595. The van der Waals surface area contributed by atoms with Gasteiger partial charge >= 0.3 is 0 Å². The fourth-order valence-corrected chi connectivity index (χ4v) is 4.19. The van der Waals surface area contributed by atoms with Crippen LogP contribution in [0.5, 0.6) is 0 Å². The summed E-state index contributed by atoms with van der Waals surface area (Å²) in [7, 11) is 2.07. The molecule has 0 aromatic carbocycles. The molecule has 1 amide bonds. The lowest BCUT2D eigenvalue weighted by Crippen LogP contribution is -2.55. The number of carbonyl (C=O) groups excluding carboxylic acids is 1. The number of piperazine rings is 1. The maximum absolute atomic E-state index is 12.8. The Labute approximate surface area is 124 Å². The number of aromatic amines is 1. The Morgan fingerprint density at radius 3 is 2.76 bits per heavy atom. The molecule has 7 nitrogen and oxygen atoms in total. The summed E-state index contributed by atoms with van der Waals surface area (Å²) in [4.78, 5) is 17.1. The molecule has 7 heteroatoms. The molecule has 4 rings (SSSR count). The number of hydrogen-bond acceptors (Lipinski definition) is 5. The number of H-pyrrole nitrogens is 1. The Bertz CT molecular complexity index is 518. The molecule has 1 N–H and O–H groups in total. The van der Waals surface area contributed by atoms with Gasteiger partial charge in [0.25, 0.3) is 0 Å². The van der Waals surface area contributed by atoms with E-state index >= 15 is 0 Å². The zero-order valence-corrected chi connectivity index (χ0v) is 12.5. The molecule has 1 atom stereocenters. The third-order valence-corrected chi connectivity index (χ3v) is 5.65. The van der Waals surface area contributed by atoms with Gasteiger partial charge in [0.05, 0.1) is 0 Å². The fraction of sp³-hybridized carbons (Fsp3) is 0.857. The van der Waals surface area contributed by atoms with Gasteiger partial charge in [-0.1, -0.05) is 11.6 Å². The first kappa shape index (κ1) is 13.2. The Balaban J connectivity index is 1.48. The summed E-state index contributed by atoms with van der Waals surface area (Å²) >= 11 is 0. The molecule has 1 aromatic rings. The van der Waals surface area contributed by atoms with E-state index in [-0.39, 0.29) is 12.0 Å². The molecule has 3 aliphatic rings. The summed E-state index contributed by atoms with van der Waals surface area (Å²) < 4.78 is 0. The SMILES string of the molecule is CN1CCN(C(=O)C2CC3(CCC3)C2)C(c2nn[nH]n2)C1. The monoisotopic (exact) mass is 290 g/mol. The molecule has 1 aromatic heterocycles. The van der Waals surface area contributed by atoms with Crippen LogP contribution in [0.3, 0.4) is 0 Å². The van der Waals surface area contributed by atoms with Crippen molar-refractivity contribution in [2.75, 3.05) is 26.7 Å². The van der Waals surface area contributed by atoms with Crippen LogP contribution in [-0.4, -0.2) is 63.0 Å². The van der Waals surface area contributed by atoms with Crippen LogP contribution in [0.1, 0.15) is 44.0 Å². The number of nitrogens with zero attached hydrogens (tertiary/aromatic N) is 5. The van der Waals surface area contributed by atoms with E-state index in [2.05, 4.69) is 32.6 Å². The van der Waals surface area contributed by atoms with Crippen molar-refractivity contribution in [3.8, 4) is 0 Å². The molecule has 2 heterocycles. The van der Waals surface area contributed by atoms with Crippen LogP contribution in [0.15, 0.2) is 0 Å². The highest BCUT2D eigenvalue weighted by atomic mass is 16.2. The largest absolute Gasteiger partial charge is 0.329 e. The average Bonchev–Trinajstić information content (AvgIpc) is 2.88. The van der Waals surface area contributed by atoms with E-state index in [1.165, 1.54) is 19.3 Å². The summed E-state index contributed by atoms with van der Waals surface area (Å²) in [5, 5.41) is 14.3. The second-order valence-corrected chi connectivity index (χ2v) is 7.04. The third-order valence-electron chi connectivity index (χ3n) is 5.65. The normalized spacial score (nSPS) is 29.2. The molecule has 114 valence electrons. The molecular formula is C14H22N6O. The lowest BCUT2D eigenvalue weighted by atomic mass is 9.51. The fourth-order valence-electron chi connectivity index (χ4n) is 4.19. The second-order valence-electron chi connectivity index (χ2n) is 7.04. The van der Waals surface area contributed by atoms with Gasteiger partial charge in [0.1, 0.15) is 6.04 Å². The molecule has 1 unspecified atom stereocenters. The first-order valence-electron chi connectivity index (χ1n) is 7.89. The highest BCUT2D eigenvalue weighted by molar-refractivity contribution is 5.80. The Morgan fingerprint density at radius 2 is 2.14 bits per heavy atom. The summed E-state index contributed by atoms with van der Waals surface area (Å²) in [6.07, 6.45) is 6.19. The van der Waals surface area contributed by atoms with E-state index in [0.29, 0.717) is 17.1 Å². The lowest BCUT2D eigenvalue weighted by Gasteiger charge is -2.55. The first-order valence-corrected chi connectivity index (χ1v) is 7.89. The van der Waals surface area contributed by atoms with Crippen LogP contribution < -0.4 is 0 Å². The minimum absolute atomic E-state index is 0.0621. The highest BCUT2D eigenvalue weighted by Crippen LogP contribution is 2.59. The van der Waals surface area contributed by atoms with E-state index < -0.39 is 0 Å². The van der Waals surface area contributed by atoms with E-state index in [4.69, 9.17) is 0 Å². The number of nitrogens with one attached hydrogen (secondary N) is 1. The van der Waals surface area contributed by atoms with Crippen molar-refractivity contribution >= 4 is 5.91 Å². The van der Waals surface area contributed by atoms with E-state index in [1.807, 2.05) is 4.90 Å². The van der Waals surface area contributed by atoms with Gasteiger partial charge in [0.15, 0.2) is 5.82 Å². The molecule has 1 spiro atoms. The van der Waals surface area contributed by atoms with Crippen LogP contribution in [0.25, 0.3) is 0 Å². The van der Waals surface area contributed by atoms with Gasteiger partial charge in [-0.15, -0.1) is 10.2 Å². The zero-order chi connectivity index (χ0) is 14.4. The number of likely N-dealkylation sites (N-methyl/N-ethyl adjacent to an activating group) is 1. The van der Waals surface area contributed by atoms with Crippen molar-refractivity contribution in [2.24, 2.45) is 11.3 Å². The summed E-state index contributed by atoms with van der Waals surface area (Å²) in [5.74, 6) is 1.16. The number of amides is 1. The molecule has 3 fully saturated rings. The minimum Gasteiger partial charge on any atom is -0.329 e. The molecule has 21 heavy (non-hydrogen) atoms. The van der Waals surface area contributed by atoms with Crippen molar-refractivity contribution in [1.29, 1.82) is 0 Å². The quantitative estimate of drug-likeness (QED) is 0.863. The molecular weight excluding hydrogens is 268 g/mol. The molecule has 2 aliphatic carbocycles. The smallest absolute Gasteiger partial charge is 0.226 e. The minimum atomic E-state index is -0.0621. The van der Waals surface area contributed by atoms with Gasteiger partial charge in [-0.05, 0) is 38.1 Å². The standard InChI is InChI=1S/C14H22N6O/c1-19-5-6-20(11(9-19)12-15-17-18-16-12)13(21)10-7-14(8-10)3-2-4-14/h10-11H,2-9H2,1H3,(H,15,16,17,18). The number of carbonyl (C=O) groups is 1. The van der Waals surface area contributed by atoms with Gasteiger partial charge in [-0.3, -0.25) is 4.79 Å². The number of rotatable bonds is 2. The maximum Gasteiger partial charge on any atom is 0.226 e. The molecule has 0 radical (unpaired) electrons. The van der Waals surface area contributed by atoms with Crippen LogP contribution in [-0.2, 0) is 4.79 Å². The summed E-state index contributed by atoms with van der Waals surface area (Å²) in [5.41, 5.74) is 0.536. The highest BCUT2D eigenvalue weighted by Gasteiger charge is 2.52. The predicted molar refractivity (Wildman–Crippen MR) is 75.1 cm³/mol. The number of tetrazole rings is 1. The van der Waals surface area contributed by atoms with Crippen molar-refractivity contribution in [2.45, 2.75) is 38.1 Å². The van der Waals surface area contributed by atoms with Crippen molar-refractivity contribution < 1.29 is 4.79 Å². The number of aromatic nitrogens is 4. The Kier molecular flexibility index (Phi) is 2.99. The number of hydrogen-bond donors (Lipinski definition) is 1. The van der Waals surface area contributed by atoms with Crippen molar-refractivity contribution in [3.05, 3.63) is 5.82 Å². The maximum atomic E-state index is 12.8. The summed E-state index contributed by atoms with van der Waals surface area (Å²) in [6.45, 7) is 2.46. The first-order chi connectivity index (χ1) is 10.2. The van der Waals surface area contributed by atoms with E-state index in [1.54, 1.807) is 0 Å². The molecule has 0 bridgehead atoms. The van der Waals surface area contributed by atoms with Crippen molar-refractivity contribution in [3.63, 3.8) is 0 Å². The average molecular weight is 290 g/mol. The second kappa shape index (κ2) is 4.76. The topological polar surface area (TPSA) is 78.0 Å². The Morgan fingerprint density at radius 1 is 1.33 bits per heavy atom. The zero-order valence-electron chi connectivity index (χ0n) is 12.5. The van der Waals surface area contributed by atoms with Crippen LogP contribution in [0.4, 0.5) is 0 Å². The Hall–Kier alpha value is -1.50.